The highest BCUT2D eigenvalue weighted by atomic mass is 31.2. The predicted molar refractivity (Wildman–Crippen MR) is 165 cm³/mol. The molecule has 2 unspecified atom stereocenters. The van der Waals surface area contributed by atoms with E-state index in [4.69, 9.17) is 29.4 Å². The summed E-state index contributed by atoms with van der Waals surface area (Å²) in [4.78, 5) is 10.7. The molecule has 0 radical (unpaired) electrons. The van der Waals surface area contributed by atoms with Crippen molar-refractivity contribution in [2.45, 2.75) is 148 Å². The zero-order valence-corrected chi connectivity index (χ0v) is 27.0. The fraction of sp³-hybridized carbons (Fsp3) is 0.968. The van der Waals surface area contributed by atoms with Crippen LogP contribution in [0, 0.1) is 0 Å². The van der Waals surface area contributed by atoms with Gasteiger partial charge in [-0.2, -0.15) is 0 Å². The third kappa shape index (κ3) is 30.5. The SMILES string of the molecule is CCCCCCCCCCCCCCCCCCCCOCC(COP(C)(=O)OCCN)OCCCCC(=O)O. The molecular formula is C31H64NO7P. The molecule has 0 aromatic heterocycles. The van der Waals surface area contributed by atoms with Crippen LogP contribution in [-0.4, -0.2) is 63.4 Å². The first-order valence-corrected chi connectivity index (χ1v) is 18.4. The van der Waals surface area contributed by atoms with Gasteiger partial charge in [-0.15, -0.1) is 0 Å². The Balaban J connectivity index is 3.73. The summed E-state index contributed by atoms with van der Waals surface area (Å²) in [6, 6.07) is 0. The van der Waals surface area contributed by atoms with Gasteiger partial charge >= 0.3 is 13.6 Å². The molecule has 0 aliphatic heterocycles. The lowest BCUT2D eigenvalue weighted by atomic mass is 10.0. The van der Waals surface area contributed by atoms with Crippen LogP contribution in [0.2, 0.25) is 0 Å². The van der Waals surface area contributed by atoms with Crippen molar-refractivity contribution in [2.24, 2.45) is 5.73 Å². The van der Waals surface area contributed by atoms with Crippen molar-refractivity contribution in [2.75, 3.05) is 46.2 Å². The molecule has 0 heterocycles. The minimum Gasteiger partial charge on any atom is -0.481 e. The first kappa shape index (κ1) is 39.5. The van der Waals surface area contributed by atoms with Crippen LogP contribution in [0.15, 0.2) is 0 Å². The van der Waals surface area contributed by atoms with Crippen LogP contribution in [0.1, 0.15) is 142 Å². The maximum Gasteiger partial charge on any atom is 0.327 e. The average molecular weight is 594 g/mol. The van der Waals surface area contributed by atoms with Gasteiger partial charge in [-0.1, -0.05) is 116 Å². The van der Waals surface area contributed by atoms with E-state index in [2.05, 4.69) is 6.92 Å². The molecule has 0 saturated heterocycles. The second kappa shape index (κ2) is 30.0. The molecule has 0 bridgehead atoms. The van der Waals surface area contributed by atoms with Crippen LogP contribution in [0.4, 0.5) is 0 Å². The fourth-order valence-electron chi connectivity index (χ4n) is 4.57. The maximum atomic E-state index is 12.3. The molecule has 0 aliphatic rings. The molecule has 0 fully saturated rings. The van der Waals surface area contributed by atoms with E-state index in [1.165, 1.54) is 109 Å². The normalized spacial score (nSPS) is 13.9. The van der Waals surface area contributed by atoms with E-state index >= 15 is 0 Å². The molecule has 0 amide bonds. The Bertz CT molecular complexity index is 594. The topological polar surface area (TPSA) is 117 Å². The monoisotopic (exact) mass is 593 g/mol. The first-order valence-electron chi connectivity index (χ1n) is 16.4. The Morgan fingerprint density at radius 3 is 1.62 bits per heavy atom. The average Bonchev–Trinajstić information content (AvgIpc) is 2.93. The smallest absolute Gasteiger partial charge is 0.327 e. The highest BCUT2D eigenvalue weighted by molar-refractivity contribution is 7.52. The van der Waals surface area contributed by atoms with E-state index < -0.39 is 13.6 Å². The van der Waals surface area contributed by atoms with Crippen LogP contribution < -0.4 is 5.73 Å². The molecule has 0 aromatic carbocycles. The summed E-state index contributed by atoms with van der Waals surface area (Å²) in [6.07, 6.45) is 25.2. The molecule has 0 spiro atoms. The van der Waals surface area contributed by atoms with Crippen LogP contribution in [-0.2, 0) is 27.9 Å². The van der Waals surface area contributed by atoms with Crippen LogP contribution in [0.5, 0.6) is 0 Å². The third-order valence-corrected chi connectivity index (χ3v) is 8.29. The minimum atomic E-state index is -3.19. The lowest BCUT2D eigenvalue weighted by Crippen LogP contribution is -2.26. The van der Waals surface area contributed by atoms with Crippen LogP contribution in [0.3, 0.4) is 0 Å². The van der Waals surface area contributed by atoms with Gasteiger partial charge in [-0.3, -0.25) is 9.36 Å². The summed E-state index contributed by atoms with van der Waals surface area (Å²) < 4.78 is 34.6. The molecular weight excluding hydrogens is 529 g/mol. The number of ether oxygens (including phenoxy) is 2. The standard InChI is InChI=1S/C31H64NO7P/c1-3-4-5-6-7-8-9-10-11-12-13-14-15-16-17-18-19-21-25-36-28-30(37-26-22-20-23-31(33)34)29-39-40(2,35)38-27-24-32/h30H,3-29,32H2,1-2H3,(H,33,34). The molecule has 0 aromatic rings. The van der Waals surface area contributed by atoms with E-state index in [1.807, 2.05) is 0 Å². The van der Waals surface area contributed by atoms with E-state index in [0.29, 0.717) is 32.7 Å². The highest BCUT2D eigenvalue weighted by Crippen LogP contribution is 2.43. The zero-order valence-electron chi connectivity index (χ0n) is 26.1. The van der Waals surface area contributed by atoms with Gasteiger partial charge in [0.05, 0.1) is 19.8 Å². The molecule has 0 aliphatic carbocycles. The minimum absolute atomic E-state index is 0.0937. The van der Waals surface area contributed by atoms with Crippen LogP contribution >= 0.6 is 7.60 Å². The van der Waals surface area contributed by atoms with Gasteiger partial charge in [0.25, 0.3) is 0 Å². The van der Waals surface area contributed by atoms with Crippen molar-refractivity contribution >= 4 is 13.6 Å². The number of nitrogens with two attached hydrogens (primary N) is 1. The Kier molecular flexibility index (Phi) is 29.6. The van der Waals surface area contributed by atoms with Crippen molar-refractivity contribution < 1.29 is 33.0 Å². The zero-order chi connectivity index (χ0) is 29.6. The number of unbranched alkanes of at least 4 members (excludes halogenated alkanes) is 18. The van der Waals surface area contributed by atoms with Crippen molar-refractivity contribution in [1.82, 2.24) is 0 Å². The molecule has 40 heavy (non-hydrogen) atoms. The molecule has 3 N–H and O–H groups in total. The number of hydrogen-bond acceptors (Lipinski definition) is 7. The van der Waals surface area contributed by atoms with E-state index in [1.54, 1.807) is 0 Å². The van der Waals surface area contributed by atoms with E-state index in [0.717, 1.165) is 12.8 Å². The second-order valence-electron chi connectivity index (χ2n) is 11.1. The molecule has 240 valence electrons. The summed E-state index contributed by atoms with van der Waals surface area (Å²) in [6.45, 7) is 5.64. The summed E-state index contributed by atoms with van der Waals surface area (Å²) >= 11 is 0. The summed E-state index contributed by atoms with van der Waals surface area (Å²) in [7, 11) is -3.19. The Labute approximate surface area is 246 Å². The molecule has 8 nitrogen and oxygen atoms in total. The Morgan fingerprint density at radius 1 is 0.675 bits per heavy atom. The molecule has 0 rings (SSSR count). The van der Waals surface area contributed by atoms with Gasteiger partial charge in [0.15, 0.2) is 0 Å². The second-order valence-corrected chi connectivity index (χ2v) is 13.2. The maximum absolute atomic E-state index is 12.3. The van der Waals surface area contributed by atoms with Crippen molar-refractivity contribution in [3.63, 3.8) is 0 Å². The number of hydrogen-bond donors (Lipinski definition) is 2. The van der Waals surface area contributed by atoms with Gasteiger partial charge in [0, 0.05) is 32.8 Å². The quantitative estimate of drug-likeness (QED) is 0.0574. The fourth-order valence-corrected chi connectivity index (χ4v) is 5.52. The van der Waals surface area contributed by atoms with E-state index in [9.17, 15) is 9.36 Å². The van der Waals surface area contributed by atoms with E-state index in [-0.39, 0.29) is 32.3 Å². The molecule has 9 heteroatoms. The molecule has 0 saturated carbocycles. The summed E-state index contributed by atoms with van der Waals surface area (Å²) in [5.74, 6) is -0.809. The Hall–Kier alpha value is -0.500. The number of carboxylic acids is 1. The van der Waals surface area contributed by atoms with Crippen molar-refractivity contribution in [3.8, 4) is 0 Å². The van der Waals surface area contributed by atoms with Crippen LogP contribution in [0.25, 0.3) is 0 Å². The largest absolute Gasteiger partial charge is 0.481 e. The lowest BCUT2D eigenvalue weighted by Gasteiger charge is -2.21. The summed E-state index contributed by atoms with van der Waals surface area (Å²) in [5.41, 5.74) is 5.41. The van der Waals surface area contributed by atoms with Gasteiger partial charge in [-0.05, 0) is 19.3 Å². The van der Waals surface area contributed by atoms with Crippen molar-refractivity contribution in [1.29, 1.82) is 0 Å². The third-order valence-electron chi connectivity index (χ3n) is 7.02. The van der Waals surface area contributed by atoms with Gasteiger partial charge < -0.3 is 29.4 Å². The number of aliphatic carboxylic acids is 1. The number of carbonyl (C=O) groups is 1. The Morgan fingerprint density at radius 2 is 1.15 bits per heavy atom. The first-order chi connectivity index (χ1) is 19.4. The predicted octanol–water partition coefficient (Wildman–Crippen LogP) is 8.50. The summed E-state index contributed by atoms with van der Waals surface area (Å²) in [5, 5.41) is 8.76. The molecule has 2 atom stereocenters. The lowest BCUT2D eigenvalue weighted by molar-refractivity contribution is -0.137. The number of carboxylic acid groups (broad SMARTS) is 1. The van der Waals surface area contributed by atoms with Gasteiger partial charge in [0.2, 0.25) is 0 Å². The van der Waals surface area contributed by atoms with Gasteiger partial charge in [0.1, 0.15) is 6.10 Å². The highest BCUT2D eigenvalue weighted by Gasteiger charge is 2.20. The van der Waals surface area contributed by atoms with Crippen molar-refractivity contribution in [3.05, 3.63) is 0 Å². The number of rotatable bonds is 33. The van der Waals surface area contributed by atoms with Gasteiger partial charge in [-0.25, -0.2) is 0 Å².